The van der Waals surface area contributed by atoms with Crippen LogP contribution >= 0.6 is 11.6 Å². The molecule has 1 saturated heterocycles. The van der Waals surface area contributed by atoms with Crippen molar-refractivity contribution >= 4 is 35.5 Å². The molecule has 8 heteroatoms. The number of piperazine rings is 1. The fourth-order valence-corrected chi connectivity index (χ4v) is 3.58. The molecule has 0 bridgehead atoms. The first kappa shape index (κ1) is 22.4. The summed E-state index contributed by atoms with van der Waals surface area (Å²) in [6.07, 6.45) is 3.56. The maximum Gasteiger partial charge on any atom is 0.260 e. The monoisotopic (exact) mass is 462 g/mol. The number of amides is 1. The van der Waals surface area contributed by atoms with E-state index in [0.717, 1.165) is 11.1 Å². The summed E-state index contributed by atoms with van der Waals surface area (Å²) >= 11 is 5.91. The molecule has 168 valence electrons. The highest BCUT2D eigenvalue weighted by Crippen LogP contribution is 2.24. The summed E-state index contributed by atoms with van der Waals surface area (Å²) in [6, 6.07) is 17.1. The molecule has 7 nitrogen and oxygen atoms in total. The number of oxazole rings is 1. The van der Waals surface area contributed by atoms with E-state index in [0.29, 0.717) is 48.7 Å². The summed E-state index contributed by atoms with van der Waals surface area (Å²) in [5.74, 6) is 1.38. The number of rotatable bonds is 6. The number of anilines is 1. The minimum atomic E-state index is -0.0695. The summed E-state index contributed by atoms with van der Waals surface area (Å²) in [5, 5.41) is 10.2. The number of hydrogen-bond donors (Lipinski definition) is 0. The van der Waals surface area contributed by atoms with E-state index in [1.165, 1.54) is 0 Å². The van der Waals surface area contributed by atoms with Gasteiger partial charge in [-0.3, -0.25) is 4.79 Å². The van der Waals surface area contributed by atoms with Gasteiger partial charge in [-0.15, -0.1) is 0 Å². The van der Waals surface area contributed by atoms with Gasteiger partial charge in [0.25, 0.3) is 5.91 Å². The number of hydrogen-bond acceptors (Lipinski definition) is 6. The van der Waals surface area contributed by atoms with Crippen LogP contribution in [-0.2, 0) is 4.79 Å². The molecule has 0 spiro atoms. The number of nitrogens with zero attached hydrogens (tertiary/aromatic N) is 4. The Bertz CT molecular complexity index is 1170. The van der Waals surface area contributed by atoms with Gasteiger partial charge in [0.2, 0.25) is 17.5 Å². The van der Waals surface area contributed by atoms with Gasteiger partial charge in [-0.05, 0) is 42.8 Å². The molecule has 2 heterocycles. The van der Waals surface area contributed by atoms with E-state index in [4.69, 9.17) is 20.8 Å². The van der Waals surface area contributed by atoms with Crippen molar-refractivity contribution in [1.29, 1.82) is 5.26 Å². The predicted octanol–water partition coefficient (Wildman–Crippen LogP) is 4.41. The largest absolute Gasteiger partial charge is 0.484 e. The topological polar surface area (TPSA) is 82.6 Å². The zero-order valence-corrected chi connectivity index (χ0v) is 19.0. The standard InChI is InChI=1S/C25H23ClN4O3/c1-18-2-9-21(10-3-18)32-17-24(31)29-12-14-30(15-13-29)25-22(16-27)28-23(33-25)11-6-19-4-7-20(26)8-5-19/h2-11H,12-15,17H2,1H3. The molecule has 4 rings (SSSR count). The van der Waals surface area contributed by atoms with Crippen LogP contribution in [0.1, 0.15) is 22.7 Å². The molecule has 2 aromatic carbocycles. The van der Waals surface area contributed by atoms with Gasteiger partial charge in [0.05, 0.1) is 0 Å². The summed E-state index contributed by atoms with van der Waals surface area (Å²) in [5.41, 5.74) is 2.31. The molecule has 1 aliphatic heterocycles. The van der Waals surface area contributed by atoms with Crippen LogP contribution in [0.5, 0.6) is 5.75 Å². The van der Waals surface area contributed by atoms with Gasteiger partial charge in [0.15, 0.2) is 6.61 Å². The van der Waals surface area contributed by atoms with Crippen molar-refractivity contribution in [1.82, 2.24) is 9.88 Å². The first-order valence-electron chi connectivity index (χ1n) is 10.6. The zero-order chi connectivity index (χ0) is 23.2. The molecule has 0 atom stereocenters. The fraction of sp³-hybridized carbons (Fsp3) is 0.240. The number of carbonyl (C=O) groups excluding carboxylic acids is 1. The van der Waals surface area contributed by atoms with E-state index < -0.39 is 0 Å². The van der Waals surface area contributed by atoms with E-state index in [-0.39, 0.29) is 18.2 Å². The van der Waals surface area contributed by atoms with Crippen molar-refractivity contribution in [2.75, 3.05) is 37.7 Å². The predicted molar refractivity (Wildman–Crippen MR) is 127 cm³/mol. The Balaban J connectivity index is 1.34. The molecule has 33 heavy (non-hydrogen) atoms. The first-order chi connectivity index (χ1) is 16.0. The van der Waals surface area contributed by atoms with E-state index in [9.17, 15) is 10.1 Å². The number of ether oxygens (including phenoxy) is 1. The Kier molecular flexibility index (Phi) is 6.96. The molecule has 0 radical (unpaired) electrons. The second-order valence-corrected chi connectivity index (χ2v) is 8.11. The highest BCUT2D eigenvalue weighted by atomic mass is 35.5. The van der Waals surface area contributed by atoms with Crippen molar-refractivity contribution in [2.24, 2.45) is 0 Å². The summed E-state index contributed by atoms with van der Waals surface area (Å²) < 4.78 is 11.5. The van der Waals surface area contributed by atoms with E-state index in [1.54, 1.807) is 23.1 Å². The first-order valence-corrected chi connectivity index (χ1v) is 11.0. The number of aryl methyl sites for hydroxylation is 1. The third-order valence-electron chi connectivity index (χ3n) is 5.32. The average Bonchev–Trinajstić information content (AvgIpc) is 3.26. The van der Waals surface area contributed by atoms with Gasteiger partial charge in [-0.1, -0.05) is 41.4 Å². The van der Waals surface area contributed by atoms with Gasteiger partial charge in [-0.2, -0.15) is 10.2 Å². The number of nitriles is 1. The molecular formula is C25H23ClN4O3. The van der Waals surface area contributed by atoms with Crippen LogP contribution in [-0.4, -0.2) is 48.6 Å². The molecule has 0 unspecified atom stereocenters. The smallest absolute Gasteiger partial charge is 0.260 e. The molecular weight excluding hydrogens is 440 g/mol. The lowest BCUT2D eigenvalue weighted by Gasteiger charge is -2.34. The molecule has 0 aliphatic carbocycles. The normalized spacial score (nSPS) is 13.8. The number of carbonyl (C=O) groups is 1. The lowest BCUT2D eigenvalue weighted by Crippen LogP contribution is -2.50. The Morgan fingerprint density at radius 1 is 1.12 bits per heavy atom. The van der Waals surface area contributed by atoms with Crippen molar-refractivity contribution < 1.29 is 13.9 Å². The van der Waals surface area contributed by atoms with E-state index in [2.05, 4.69) is 11.1 Å². The maximum absolute atomic E-state index is 12.5. The van der Waals surface area contributed by atoms with Crippen molar-refractivity contribution in [3.8, 4) is 11.8 Å². The molecule has 1 amide bonds. The van der Waals surface area contributed by atoms with Gasteiger partial charge in [0.1, 0.15) is 11.8 Å². The number of aromatic nitrogens is 1. The van der Waals surface area contributed by atoms with Crippen LogP contribution in [0.4, 0.5) is 5.88 Å². The summed E-state index contributed by atoms with van der Waals surface area (Å²) in [6.45, 7) is 4.10. The summed E-state index contributed by atoms with van der Waals surface area (Å²) in [7, 11) is 0. The molecule has 0 saturated carbocycles. The Labute approximate surface area is 197 Å². The fourth-order valence-electron chi connectivity index (χ4n) is 3.46. The summed E-state index contributed by atoms with van der Waals surface area (Å²) in [4.78, 5) is 20.5. The van der Waals surface area contributed by atoms with Crippen molar-refractivity contribution in [2.45, 2.75) is 6.92 Å². The van der Waals surface area contributed by atoms with Crippen LogP contribution in [0.2, 0.25) is 5.02 Å². The zero-order valence-electron chi connectivity index (χ0n) is 18.2. The highest BCUT2D eigenvalue weighted by Gasteiger charge is 2.26. The lowest BCUT2D eigenvalue weighted by molar-refractivity contribution is -0.133. The van der Waals surface area contributed by atoms with Crippen LogP contribution in [0.25, 0.3) is 12.2 Å². The van der Waals surface area contributed by atoms with Crippen LogP contribution < -0.4 is 9.64 Å². The Hall–Kier alpha value is -3.76. The van der Waals surface area contributed by atoms with E-state index >= 15 is 0 Å². The molecule has 0 N–H and O–H groups in total. The molecule has 1 fully saturated rings. The molecule has 3 aromatic rings. The lowest BCUT2D eigenvalue weighted by atomic mass is 10.2. The van der Waals surface area contributed by atoms with Crippen LogP contribution in [0, 0.1) is 18.3 Å². The van der Waals surface area contributed by atoms with Gasteiger partial charge in [-0.25, -0.2) is 0 Å². The van der Waals surface area contributed by atoms with E-state index in [1.807, 2.05) is 54.3 Å². The van der Waals surface area contributed by atoms with Crippen molar-refractivity contribution in [3.05, 3.63) is 76.3 Å². The second kappa shape index (κ2) is 10.2. The van der Waals surface area contributed by atoms with Crippen molar-refractivity contribution in [3.63, 3.8) is 0 Å². The van der Waals surface area contributed by atoms with Gasteiger partial charge in [0, 0.05) is 37.3 Å². The van der Waals surface area contributed by atoms with Gasteiger partial charge >= 0.3 is 0 Å². The number of halogens is 1. The third-order valence-corrected chi connectivity index (χ3v) is 5.57. The minimum absolute atomic E-state index is 0.00550. The van der Waals surface area contributed by atoms with Crippen LogP contribution in [0.15, 0.2) is 52.9 Å². The maximum atomic E-state index is 12.5. The highest BCUT2D eigenvalue weighted by molar-refractivity contribution is 6.30. The third kappa shape index (κ3) is 5.73. The minimum Gasteiger partial charge on any atom is -0.484 e. The Morgan fingerprint density at radius 3 is 2.48 bits per heavy atom. The SMILES string of the molecule is Cc1ccc(OCC(=O)N2CCN(c3oc(C=Cc4ccc(Cl)cc4)nc3C#N)CC2)cc1. The second-order valence-electron chi connectivity index (χ2n) is 7.67. The average molecular weight is 463 g/mol. The molecule has 1 aromatic heterocycles. The van der Waals surface area contributed by atoms with Crippen LogP contribution in [0.3, 0.4) is 0 Å². The Morgan fingerprint density at radius 2 is 1.82 bits per heavy atom. The number of benzene rings is 2. The van der Waals surface area contributed by atoms with Gasteiger partial charge < -0.3 is 19.0 Å². The molecule has 1 aliphatic rings. The quantitative estimate of drug-likeness (QED) is 0.539.